The lowest BCUT2D eigenvalue weighted by atomic mass is 10.0. The Kier molecular flexibility index (Phi) is 13.1. The number of rotatable bonds is 17. The van der Waals surface area contributed by atoms with Gasteiger partial charge in [-0.1, -0.05) is 62.4 Å². The quantitative estimate of drug-likeness (QED) is 0.103. The molecule has 0 amide bonds. The zero-order chi connectivity index (χ0) is 31.6. The second-order valence-corrected chi connectivity index (χ2v) is 11.4. The van der Waals surface area contributed by atoms with Crippen molar-refractivity contribution in [2.45, 2.75) is 52.6 Å². The summed E-state index contributed by atoms with van der Waals surface area (Å²) in [7, 11) is 4.95. The van der Waals surface area contributed by atoms with Crippen LogP contribution in [-0.4, -0.2) is 62.0 Å². The van der Waals surface area contributed by atoms with Crippen molar-refractivity contribution in [3.8, 4) is 28.5 Å². The molecule has 2 heterocycles. The lowest BCUT2D eigenvalue weighted by Gasteiger charge is -2.17. The molecule has 0 atom stereocenters. The molecule has 5 rings (SSSR count). The van der Waals surface area contributed by atoms with Crippen LogP contribution in [0.4, 0.5) is 0 Å². The summed E-state index contributed by atoms with van der Waals surface area (Å²) in [5.41, 5.74) is 6.57. The number of halogens is 1. The summed E-state index contributed by atoms with van der Waals surface area (Å²) < 4.78 is 19.6. The molecule has 0 unspecified atom stereocenters. The Morgan fingerprint density at radius 3 is 2.15 bits per heavy atom. The maximum absolute atomic E-state index is 5.77. The number of nitrogens with one attached hydrogen (secondary N) is 1. The predicted octanol–water partition coefficient (Wildman–Crippen LogP) is 8.15. The molecule has 8 heteroatoms. The standard InChI is InChI=1S/C38H48N4O3.ClH/c1-6-41(7-2)22-14-13-21-39-27-30-26-32-31-19-11-12-20-33(31)42(23-15-18-28-16-9-8-10-17-28)37(32)36(40-30)29-24-34(43-3)38(45-5)35(25-29)44-4;/h8-12,16-17,19-20,24-26,39H,6-7,13-15,18,21-23,27H2,1-5H3;1H. The van der Waals surface area contributed by atoms with Crippen LogP contribution in [0.3, 0.4) is 0 Å². The van der Waals surface area contributed by atoms with E-state index >= 15 is 0 Å². The van der Waals surface area contributed by atoms with E-state index in [9.17, 15) is 0 Å². The van der Waals surface area contributed by atoms with Crippen molar-refractivity contribution in [1.82, 2.24) is 19.8 Å². The van der Waals surface area contributed by atoms with Crippen LogP contribution < -0.4 is 19.5 Å². The van der Waals surface area contributed by atoms with E-state index in [-0.39, 0.29) is 12.4 Å². The Morgan fingerprint density at radius 1 is 0.783 bits per heavy atom. The molecule has 0 aliphatic heterocycles. The average Bonchev–Trinajstić information content (AvgIpc) is 3.40. The molecule has 2 aromatic heterocycles. The Labute approximate surface area is 280 Å². The number of nitrogens with zero attached hydrogens (tertiary/aromatic N) is 3. The first-order valence-electron chi connectivity index (χ1n) is 16.3. The minimum Gasteiger partial charge on any atom is -0.493 e. The number of para-hydroxylation sites is 1. The molecule has 46 heavy (non-hydrogen) atoms. The maximum Gasteiger partial charge on any atom is 0.203 e. The molecule has 7 nitrogen and oxygen atoms in total. The summed E-state index contributed by atoms with van der Waals surface area (Å²) in [6.45, 7) is 10.4. The smallest absolute Gasteiger partial charge is 0.203 e. The fourth-order valence-electron chi connectivity index (χ4n) is 6.30. The Bertz CT molecular complexity index is 1660. The minimum absolute atomic E-state index is 0. The van der Waals surface area contributed by atoms with Gasteiger partial charge < -0.3 is 29.0 Å². The maximum atomic E-state index is 5.77. The number of benzene rings is 3. The van der Waals surface area contributed by atoms with Crippen molar-refractivity contribution < 1.29 is 14.2 Å². The van der Waals surface area contributed by atoms with Crippen LogP contribution in [0.1, 0.15) is 44.4 Å². The van der Waals surface area contributed by atoms with E-state index in [2.05, 4.69) is 89.3 Å². The molecule has 1 N–H and O–H groups in total. The summed E-state index contributed by atoms with van der Waals surface area (Å²) in [5, 5.41) is 6.12. The van der Waals surface area contributed by atoms with Crippen LogP contribution in [0, 0.1) is 0 Å². The number of aromatic nitrogens is 2. The number of ether oxygens (including phenoxy) is 3. The van der Waals surface area contributed by atoms with Crippen LogP contribution in [-0.2, 0) is 19.5 Å². The lowest BCUT2D eigenvalue weighted by Crippen LogP contribution is -2.25. The second-order valence-electron chi connectivity index (χ2n) is 11.4. The molecule has 0 saturated carbocycles. The van der Waals surface area contributed by atoms with E-state index in [0.29, 0.717) is 23.8 Å². The van der Waals surface area contributed by atoms with Crippen molar-refractivity contribution in [3.63, 3.8) is 0 Å². The number of hydrogen-bond donors (Lipinski definition) is 1. The van der Waals surface area contributed by atoms with Crippen molar-refractivity contribution in [1.29, 1.82) is 0 Å². The van der Waals surface area contributed by atoms with Crippen molar-refractivity contribution >= 4 is 34.2 Å². The summed E-state index contributed by atoms with van der Waals surface area (Å²) >= 11 is 0. The van der Waals surface area contributed by atoms with Gasteiger partial charge in [-0.25, -0.2) is 4.98 Å². The molecule has 0 bridgehead atoms. The highest BCUT2D eigenvalue weighted by molar-refractivity contribution is 6.12. The molecule has 0 saturated heterocycles. The second kappa shape index (κ2) is 17.2. The number of fused-ring (bicyclic) bond motifs is 3. The first-order valence-corrected chi connectivity index (χ1v) is 16.3. The van der Waals surface area contributed by atoms with E-state index in [1.54, 1.807) is 21.3 Å². The first kappa shape index (κ1) is 35.1. The summed E-state index contributed by atoms with van der Waals surface area (Å²) in [6, 6.07) is 25.7. The van der Waals surface area contributed by atoms with E-state index in [4.69, 9.17) is 19.2 Å². The molecule has 3 aromatic carbocycles. The minimum atomic E-state index is 0. The third kappa shape index (κ3) is 7.95. The highest BCUT2D eigenvalue weighted by Gasteiger charge is 2.21. The van der Waals surface area contributed by atoms with E-state index in [1.165, 1.54) is 28.3 Å². The van der Waals surface area contributed by atoms with Crippen LogP contribution in [0.25, 0.3) is 33.1 Å². The van der Waals surface area contributed by atoms with Gasteiger partial charge in [-0.2, -0.15) is 0 Å². The molecule has 0 aliphatic rings. The van der Waals surface area contributed by atoms with Gasteiger partial charge >= 0.3 is 0 Å². The SMILES string of the molecule is CCN(CC)CCCCNCc1cc2c3ccccc3n(CCCc3ccccc3)c2c(-c2cc(OC)c(OC)c(OC)c2)n1.Cl. The van der Waals surface area contributed by atoms with Gasteiger partial charge in [0.25, 0.3) is 0 Å². The molecule has 5 aromatic rings. The Hall–Kier alpha value is -3.78. The summed E-state index contributed by atoms with van der Waals surface area (Å²) in [4.78, 5) is 7.81. The molecule has 0 spiro atoms. The fourth-order valence-corrected chi connectivity index (χ4v) is 6.30. The van der Waals surface area contributed by atoms with Gasteiger partial charge in [0.1, 0.15) is 0 Å². The van der Waals surface area contributed by atoms with Crippen LogP contribution >= 0.6 is 12.4 Å². The highest BCUT2D eigenvalue weighted by atomic mass is 35.5. The van der Waals surface area contributed by atoms with Crippen LogP contribution in [0.15, 0.2) is 72.8 Å². The van der Waals surface area contributed by atoms with E-state index in [1.807, 2.05) is 12.1 Å². The highest BCUT2D eigenvalue weighted by Crippen LogP contribution is 2.43. The van der Waals surface area contributed by atoms with E-state index in [0.717, 1.165) is 74.5 Å². The van der Waals surface area contributed by atoms with Gasteiger partial charge in [-0.05, 0) is 81.7 Å². The Morgan fingerprint density at radius 2 is 1.48 bits per heavy atom. The number of pyridine rings is 1. The third-order valence-electron chi connectivity index (χ3n) is 8.71. The molecule has 0 fully saturated rings. The van der Waals surface area contributed by atoms with Crippen molar-refractivity contribution in [3.05, 3.63) is 84.1 Å². The van der Waals surface area contributed by atoms with E-state index < -0.39 is 0 Å². The average molecular weight is 645 g/mol. The van der Waals surface area contributed by atoms with Gasteiger partial charge in [0.05, 0.1) is 38.2 Å². The van der Waals surface area contributed by atoms with Crippen molar-refractivity contribution in [2.24, 2.45) is 0 Å². The van der Waals surface area contributed by atoms with Crippen LogP contribution in [0.2, 0.25) is 0 Å². The number of unbranched alkanes of at least 4 members (excludes halogenated alkanes) is 1. The number of hydrogen-bond acceptors (Lipinski definition) is 6. The third-order valence-corrected chi connectivity index (χ3v) is 8.71. The van der Waals surface area contributed by atoms with Crippen LogP contribution in [0.5, 0.6) is 17.2 Å². The van der Waals surface area contributed by atoms with Gasteiger partial charge in [0.2, 0.25) is 5.75 Å². The topological polar surface area (TPSA) is 60.8 Å². The summed E-state index contributed by atoms with van der Waals surface area (Å²) in [5.74, 6) is 1.81. The zero-order valence-electron chi connectivity index (χ0n) is 28.0. The molecule has 0 radical (unpaired) electrons. The lowest BCUT2D eigenvalue weighted by molar-refractivity contribution is 0.296. The van der Waals surface area contributed by atoms with Gasteiger partial charge in [0, 0.05) is 34.9 Å². The summed E-state index contributed by atoms with van der Waals surface area (Å²) in [6.07, 6.45) is 4.36. The number of aryl methyl sites for hydroxylation is 2. The van der Waals surface area contributed by atoms with Gasteiger partial charge in [-0.3, -0.25) is 0 Å². The monoisotopic (exact) mass is 644 g/mol. The van der Waals surface area contributed by atoms with Gasteiger partial charge in [0.15, 0.2) is 11.5 Å². The fraction of sp³-hybridized carbons (Fsp3) is 0.395. The molecule has 0 aliphatic carbocycles. The Balaban J connectivity index is 0.00000480. The first-order chi connectivity index (χ1) is 22.1. The number of methoxy groups -OCH3 is 3. The molecule has 246 valence electrons. The zero-order valence-corrected chi connectivity index (χ0v) is 28.8. The van der Waals surface area contributed by atoms with Crippen molar-refractivity contribution in [2.75, 3.05) is 47.5 Å². The normalized spacial score (nSPS) is 11.3. The largest absolute Gasteiger partial charge is 0.493 e. The predicted molar refractivity (Wildman–Crippen MR) is 193 cm³/mol. The van der Waals surface area contributed by atoms with Gasteiger partial charge in [-0.15, -0.1) is 12.4 Å². The molecular formula is C38H49ClN4O3. The molecular weight excluding hydrogens is 596 g/mol.